The van der Waals surface area contributed by atoms with Gasteiger partial charge in [0.2, 0.25) is 0 Å². The summed E-state index contributed by atoms with van der Waals surface area (Å²) in [6.07, 6.45) is 0.195. The van der Waals surface area contributed by atoms with Crippen molar-refractivity contribution in [3.05, 3.63) is 70.5 Å². The normalized spacial score (nSPS) is 12.7. The van der Waals surface area contributed by atoms with Crippen LogP contribution in [0.25, 0.3) is 0 Å². The molecule has 0 radical (unpaired) electrons. The molecule has 2 heteroatoms. The van der Waals surface area contributed by atoms with Gasteiger partial charge in [-0.05, 0) is 53.6 Å². The first-order chi connectivity index (χ1) is 9.47. The van der Waals surface area contributed by atoms with Crippen LogP contribution in [0.1, 0.15) is 42.2 Å². The van der Waals surface area contributed by atoms with Gasteiger partial charge in [-0.2, -0.15) is 0 Å². The third-order valence-electron chi connectivity index (χ3n) is 3.45. The van der Waals surface area contributed by atoms with Crippen molar-refractivity contribution >= 4 is 0 Å². The van der Waals surface area contributed by atoms with Gasteiger partial charge in [-0.25, -0.2) is 4.39 Å². The average molecular weight is 272 g/mol. The number of aryl methyl sites for hydroxylation is 1. The molecular formula is C18H21FO. The Bertz CT molecular complexity index is 590. The van der Waals surface area contributed by atoms with Gasteiger partial charge in [0.05, 0.1) is 0 Å². The standard InChI is InChI=1S/C18H21FO/c1-12(2)9-14-5-4-6-15(10-14)18(20)17-11-16(19)8-7-13(17)3/h4-8,10-12,18,20H,9H2,1-3H3. The topological polar surface area (TPSA) is 20.2 Å². The summed E-state index contributed by atoms with van der Waals surface area (Å²) >= 11 is 0. The number of hydrogen-bond acceptors (Lipinski definition) is 1. The minimum atomic E-state index is -0.780. The highest BCUT2D eigenvalue weighted by atomic mass is 19.1. The van der Waals surface area contributed by atoms with Crippen molar-refractivity contribution in [2.75, 3.05) is 0 Å². The van der Waals surface area contributed by atoms with Gasteiger partial charge in [-0.1, -0.05) is 44.2 Å². The summed E-state index contributed by atoms with van der Waals surface area (Å²) in [5, 5.41) is 10.5. The number of hydrogen-bond donors (Lipinski definition) is 1. The summed E-state index contributed by atoms with van der Waals surface area (Å²) in [4.78, 5) is 0. The van der Waals surface area contributed by atoms with Crippen LogP contribution in [0, 0.1) is 18.7 Å². The van der Waals surface area contributed by atoms with Crippen LogP contribution in [0.2, 0.25) is 0 Å². The minimum Gasteiger partial charge on any atom is -0.384 e. The fourth-order valence-corrected chi connectivity index (χ4v) is 2.45. The van der Waals surface area contributed by atoms with Crippen LogP contribution in [0.3, 0.4) is 0 Å². The van der Waals surface area contributed by atoms with Crippen LogP contribution in [0.5, 0.6) is 0 Å². The van der Waals surface area contributed by atoms with Gasteiger partial charge in [-0.3, -0.25) is 0 Å². The van der Waals surface area contributed by atoms with Gasteiger partial charge in [-0.15, -0.1) is 0 Å². The first-order valence-corrected chi connectivity index (χ1v) is 7.00. The molecule has 0 saturated carbocycles. The molecule has 0 saturated heterocycles. The molecule has 0 bridgehead atoms. The van der Waals surface area contributed by atoms with Crippen molar-refractivity contribution in [3.63, 3.8) is 0 Å². The third kappa shape index (κ3) is 3.45. The Kier molecular flexibility index (Phi) is 4.56. The average Bonchev–Trinajstić information content (AvgIpc) is 2.40. The zero-order chi connectivity index (χ0) is 14.7. The molecular weight excluding hydrogens is 251 g/mol. The molecule has 106 valence electrons. The number of halogens is 1. The molecule has 0 spiro atoms. The molecule has 0 fully saturated rings. The Morgan fingerprint density at radius 2 is 1.85 bits per heavy atom. The summed E-state index contributed by atoms with van der Waals surface area (Å²) < 4.78 is 13.4. The van der Waals surface area contributed by atoms with E-state index in [-0.39, 0.29) is 5.82 Å². The summed E-state index contributed by atoms with van der Waals surface area (Å²) in [6, 6.07) is 12.4. The van der Waals surface area contributed by atoms with Gasteiger partial charge >= 0.3 is 0 Å². The van der Waals surface area contributed by atoms with E-state index in [2.05, 4.69) is 19.9 Å². The Balaban J connectivity index is 2.33. The van der Waals surface area contributed by atoms with Crippen molar-refractivity contribution in [3.8, 4) is 0 Å². The molecule has 0 heterocycles. The molecule has 0 aliphatic carbocycles. The van der Waals surface area contributed by atoms with Crippen molar-refractivity contribution in [2.45, 2.75) is 33.3 Å². The smallest absolute Gasteiger partial charge is 0.123 e. The maximum absolute atomic E-state index is 13.4. The zero-order valence-electron chi connectivity index (χ0n) is 12.2. The molecule has 1 nitrogen and oxygen atoms in total. The first kappa shape index (κ1) is 14.7. The Labute approximate surface area is 120 Å². The fraction of sp³-hybridized carbons (Fsp3) is 0.333. The summed E-state index contributed by atoms with van der Waals surface area (Å²) in [6.45, 7) is 6.22. The molecule has 0 aromatic heterocycles. The third-order valence-corrected chi connectivity index (χ3v) is 3.45. The quantitative estimate of drug-likeness (QED) is 0.873. The number of aliphatic hydroxyl groups excluding tert-OH is 1. The second kappa shape index (κ2) is 6.19. The van der Waals surface area contributed by atoms with E-state index in [4.69, 9.17) is 0 Å². The second-order valence-electron chi connectivity index (χ2n) is 5.75. The number of aliphatic hydroxyl groups is 1. The van der Waals surface area contributed by atoms with Crippen molar-refractivity contribution < 1.29 is 9.50 Å². The lowest BCUT2D eigenvalue weighted by atomic mass is 9.94. The van der Waals surface area contributed by atoms with Crippen molar-refractivity contribution in [2.24, 2.45) is 5.92 Å². The Hall–Kier alpha value is -1.67. The van der Waals surface area contributed by atoms with E-state index in [0.29, 0.717) is 11.5 Å². The molecule has 2 aromatic carbocycles. The fourth-order valence-electron chi connectivity index (χ4n) is 2.45. The van der Waals surface area contributed by atoms with Gasteiger partial charge in [0, 0.05) is 0 Å². The maximum atomic E-state index is 13.4. The van der Waals surface area contributed by atoms with E-state index in [1.54, 1.807) is 6.07 Å². The van der Waals surface area contributed by atoms with Crippen LogP contribution >= 0.6 is 0 Å². The van der Waals surface area contributed by atoms with E-state index in [0.717, 1.165) is 17.5 Å². The largest absolute Gasteiger partial charge is 0.384 e. The predicted molar refractivity (Wildman–Crippen MR) is 80.2 cm³/mol. The maximum Gasteiger partial charge on any atom is 0.123 e. The zero-order valence-corrected chi connectivity index (χ0v) is 12.2. The van der Waals surface area contributed by atoms with Gasteiger partial charge < -0.3 is 5.11 Å². The monoisotopic (exact) mass is 272 g/mol. The van der Waals surface area contributed by atoms with Gasteiger partial charge in [0.15, 0.2) is 0 Å². The van der Waals surface area contributed by atoms with E-state index in [9.17, 15) is 9.50 Å². The van der Waals surface area contributed by atoms with Crippen LogP contribution in [0.15, 0.2) is 42.5 Å². The minimum absolute atomic E-state index is 0.317. The van der Waals surface area contributed by atoms with E-state index in [1.165, 1.54) is 17.7 Å². The molecule has 1 N–H and O–H groups in total. The van der Waals surface area contributed by atoms with E-state index in [1.807, 2.05) is 25.1 Å². The molecule has 20 heavy (non-hydrogen) atoms. The number of benzene rings is 2. The molecule has 0 aliphatic heterocycles. The van der Waals surface area contributed by atoms with Gasteiger partial charge in [0.1, 0.15) is 11.9 Å². The molecule has 1 unspecified atom stereocenters. The Morgan fingerprint density at radius 3 is 2.55 bits per heavy atom. The van der Waals surface area contributed by atoms with E-state index >= 15 is 0 Å². The molecule has 0 aliphatic rings. The van der Waals surface area contributed by atoms with Gasteiger partial charge in [0.25, 0.3) is 0 Å². The van der Waals surface area contributed by atoms with Crippen LogP contribution in [0.4, 0.5) is 4.39 Å². The predicted octanol–water partition coefficient (Wildman–Crippen LogP) is 4.41. The highest BCUT2D eigenvalue weighted by molar-refractivity contribution is 5.37. The summed E-state index contributed by atoms with van der Waals surface area (Å²) in [5.41, 5.74) is 3.54. The molecule has 2 rings (SSSR count). The van der Waals surface area contributed by atoms with Crippen LogP contribution in [-0.4, -0.2) is 5.11 Å². The van der Waals surface area contributed by atoms with Crippen molar-refractivity contribution in [1.82, 2.24) is 0 Å². The summed E-state index contributed by atoms with van der Waals surface area (Å²) in [5.74, 6) is 0.251. The highest BCUT2D eigenvalue weighted by Gasteiger charge is 2.14. The number of rotatable bonds is 4. The first-order valence-electron chi connectivity index (χ1n) is 7.00. The molecule has 1 atom stereocenters. The molecule has 2 aromatic rings. The van der Waals surface area contributed by atoms with Crippen molar-refractivity contribution in [1.29, 1.82) is 0 Å². The highest BCUT2D eigenvalue weighted by Crippen LogP contribution is 2.26. The SMILES string of the molecule is Cc1ccc(F)cc1C(O)c1cccc(CC(C)C)c1. The molecule has 0 amide bonds. The van der Waals surface area contributed by atoms with Crippen LogP contribution in [-0.2, 0) is 6.42 Å². The second-order valence-corrected chi connectivity index (χ2v) is 5.75. The lowest BCUT2D eigenvalue weighted by molar-refractivity contribution is 0.219. The van der Waals surface area contributed by atoms with E-state index < -0.39 is 6.10 Å². The lowest BCUT2D eigenvalue weighted by Gasteiger charge is -2.16. The lowest BCUT2D eigenvalue weighted by Crippen LogP contribution is -2.04. The summed E-state index contributed by atoms with van der Waals surface area (Å²) in [7, 11) is 0. The Morgan fingerprint density at radius 1 is 1.10 bits per heavy atom. The van der Waals surface area contributed by atoms with Crippen LogP contribution < -0.4 is 0 Å².